The molecular weight excluding hydrogens is 406 g/mol. The van der Waals surface area contributed by atoms with Gasteiger partial charge < -0.3 is 9.30 Å². The van der Waals surface area contributed by atoms with Gasteiger partial charge in [-0.05, 0) is 42.8 Å². The first-order chi connectivity index (χ1) is 12.0. The summed E-state index contributed by atoms with van der Waals surface area (Å²) in [5.41, 5.74) is 1.39. The van der Waals surface area contributed by atoms with Gasteiger partial charge in [-0.2, -0.15) is 0 Å². The molecule has 0 N–H and O–H groups in total. The van der Waals surface area contributed by atoms with Crippen LogP contribution in [0.1, 0.15) is 22.8 Å². The van der Waals surface area contributed by atoms with Crippen molar-refractivity contribution in [3.8, 4) is 0 Å². The van der Waals surface area contributed by atoms with E-state index in [9.17, 15) is 9.59 Å². The second-order valence-electron chi connectivity index (χ2n) is 5.51. The Morgan fingerprint density at radius 3 is 2.76 bits per heavy atom. The zero-order valence-corrected chi connectivity index (χ0v) is 15.8. The molecule has 4 nitrogen and oxygen atoms in total. The summed E-state index contributed by atoms with van der Waals surface area (Å²) in [6.45, 7) is 2.40. The molecule has 2 aromatic carbocycles. The van der Waals surface area contributed by atoms with Gasteiger partial charge in [0.2, 0.25) is 5.43 Å². The van der Waals surface area contributed by atoms with Gasteiger partial charge in [-0.1, -0.05) is 39.7 Å². The van der Waals surface area contributed by atoms with Gasteiger partial charge in [0, 0.05) is 27.6 Å². The van der Waals surface area contributed by atoms with Crippen molar-refractivity contribution in [2.24, 2.45) is 0 Å². The van der Waals surface area contributed by atoms with Gasteiger partial charge in [0.25, 0.3) is 0 Å². The van der Waals surface area contributed by atoms with E-state index in [-0.39, 0.29) is 17.6 Å². The minimum absolute atomic E-state index is 0.0227. The molecule has 0 saturated heterocycles. The minimum Gasteiger partial charge on any atom is -0.462 e. The zero-order valence-electron chi connectivity index (χ0n) is 13.5. The molecule has 0 bridgehead atoms. The molecule has 0 spiro atoms. The van der Waals surface area contributed by atoms with Crippen molar-refractivity contribution in [3.63, 3.8) is 0 Å². The summed E-state index contributed by atoms with van der Waals surface area (Å²) in [5.74, 6) is -0.616. The third-order valence-corrected chi connectivity index (χ3v) is 4.51. The van der Waals surface area contributed by atoms with Gasteiger partial charge >= 0.3 is 5.97 Å². The van der Waals surface area contributed by atoms with Gasteiger partial charge in [-0.3, -0.25) is 4.79 Å². The van der Waals surface area contributed by atoms with Crippen LogP contribution in [-0.2, 0) is 11.3 Å². The number of carbonyl (C=O) groups excluding carboxylic acids is 1. The summed E-state index contributed by atoms with van der Waals surface area (Å²) < 4.78 is 7.66. The number of carbonyl (C=O) groups is 1. The lowest BCUT2D eigenvalue weighted by atomic mass is 10.1. The topological polar surface area (TPSA) is 48.3 Å². The monoisotopic (exact) mass is 419 g/mol. The lowest BCUT2D eigenvalue weighted by Gasteiger charge is -2.14. The molecule has 0 saturated carbocycles. The molecule has 128 valence electrons. The summed E-state index contributed by atoms with van der Waals surface area (Å²) in [6.07, 6.45) is 1.55. The molecule has 0 unspecified atom stereocenters. The summed E-state index contributed by atoms with van der Waals surface area (Å²) in [4.78, 5) is 24.9. The maximum Gasteiger partial charge on any atom is 0.343 e. The fourth-order valence-electron chi connectivity index (χ4n) is 2.69. The lowest BCUT2D eigenvalue weighted by molar-refractivity contribution is 0.0524. The first kappa shape index (κ1) is 17.7. The van der Waals surface area contributed by atoms with Crippen LogP contribution < -0.4 is 5.43 Å². The van der Waals surface area contributed by atoms with E-state index in [0.29, 0.717) is 17.0 Å². The molecule has 0 aliphatic heterocycles. The number of pyridine rings is 1. The fourth-order valence-corrected chi connectivity index (χ4v) is 3.26. The summed E-state index contributed by atoms with van der Waals surface area (Å²) in [5, 5.41) is 1.10. The number of fused-ring (bicyclic) bond motifs is 1. The van der Waals surface area contributed by atoms with E-state index in [1.165, 1.54) is 0 Å². The smallest absolute Gasteiger partial charge is 0.343 e. The molecule has 0 fully saturated rings. The maximum absolute atomic E-state index is 12.7. The van der Waals surface area contributed by atoms with Crippen molar-refractivity contribution < 1.29 is 9.53 Å². The number of ether oxygens (including phenoxy) is 1. The second kappa shape index (κ2) is 7.42. The molecule has 0 aliphatic carbocycles. The van der Waals surface area contributed by atoms with E-state index in [4.69, 9.17) is 16.3 Å². The Hall–Kier alpha value is -2.11. The third kappa shape index (κ3) is 3.78. The van der Waals surface area contributed by atoms with Crippen molar-refractivity contribution in [2.45, 2.75) is 13.5 Å². The Morgan fingerprint density at radius 1 is 1.24 bits per heavy atom. The normalized spacial score (nSPS) is 10.8. The van der Waals surface area contributed by atoms with Gasteiger partial charge in [0.05, 0.1) is 12.1 Å². The standard InChI is InChI=1S/C19H15BrClNO3/c1-2-25-19(24)16-11-22(10-12-4-3-5-14(21)8-12)17-7-6-13(20)9-15(17)18(16)23/h3-9,11H,2,10H2,1H3. The predicted molar refractivity (Wildman–Crippen MR) is 102 cm³/mol. The SMILES string of the molecule is CCOC(=O)c1cn(Cc2cccc(Cl)c2)c2ccc(Br)cc2c1=O. The van der Waals surface area contributed by atoms with E-state index < -0.39 is 5.97 Å². The number of halogens is 2. The first-order valence-corrected chi connectivity index (χ1v) is 8.91. The van der Waals surface area contributed by atoms with Crippen LogP contribution in [0.2, 0.25) is 5.02 Å². The number of aromatic nitrogens is 1. The number of esters is 1. The van der Waals surface area contributed by atoms with E-state index in [0.717, 1.165) is 15.6 Å². The molecule has 3 rings (SSSR count). The highest BCUT2D eigenvalue weighted by Crippen LogP contribution is 2.20. The van der Waals surface area contributed by atoms with Crippen molar-refractivity contribution in [2.75, 3.05) is 6.61 Å². The van der Waals surface area contributed by atoms with Crippen LogP contribution in [0.15, 0.2) is 57.9 Å². The second-order valence-corrected chi connectivity index (χ2v) is 6.86. The Labute approximate surface area is 158 Å². The van der Waals surface area contributed by atoms with Gasteiger partial charge in [-0.25, -0.2) is 4.79 Å². The van der Waals surface area contributed by atoms with E-state index in [1.54, 1.807) is 25.3 Å². The van der Waals surface area contributed by atoms with Crippen molar-refractivity contribution in [1.29, 1.82) is 0 Å². The maximum atomic E-state index is 12.7. The number of hydrogen-bond donors (Lipinski definition) is 0. The highest BCUT2D eigenvalue weighted by Gasteiger charge is 2.17. The van der Waals surface area contributed by atoms with E-state index in [2.05, 4.69) is 15.9 Å². The molecule has 0 aliphatic rings. The molecule has 0 radical (unpaired) electrons. The van der Waals surface area contributed by atoms with Gasteiger partial charge in [-0.15, -0.1) is 0 Å². The summed E-state index contributed by atoms with van der Waals surface area (Å²) in [6, 6.07) is 12.9. The first-order valence-electron chi connectivity index (χ1n) is 7.74. The van der Waals surface area contributed by atoms with Crippen LogP contribution in [0.4, 0.5) is 0 Å². The van der Waals surface area contributed by atoms with Crippen LogP contribution in [0, 0.1) is 0 Å². The molecular formula is C19H15BrClNO3. The quantitative estimate of drug-likeness (QED) is 0.578. The van der Waals surface area contributed by atoms with Crippen molar-refractivity contribution in [3.05, 3.63) is 79.5 Å². The lowest BCUT2D eigenvalue weighted by Crippen LogP contribution is -2.21. The molecule has 25 heavy (non-hydrogen) atoms. The van der Waals surface area contributed by atoms with Crippen LogP contribution in [0.5, 0.6) is 0 Å². The highest BCUT2D eigenvalue weighted by molar-refractivity contribution is 9.10. The highest BCUT2D eigenvalue weighted by atomic mass is 79.9. The fraction of sp³-hybridized carbons (Fsp3) is 0.158. The molecule has 1 heterocycles. The minimum atomic E-state index is -0.616. The average molecular weight is 421 g/mol. The van der Waals surface area contributed by atoms with E-state index in [1.807, 2.05) is 34.9 Å². The Bertz CT molecular complexity index is 1010. The number of rotatable bonds is 4. The largest absolute Gasteiger partial charge is 0.462 e. The Balaban J connectivity index is 2.20. The van der Waals surface area contributed by atoms with Gasteiger partial charge in [0.15, 0.2) is 0 Å². The molecule has 6 heteroatoms. The van der Waals surface area contributed by atoms with Crippen molar-refractivity contribution >= 4 is 44.4 Å². The zero-order chi connectivity index (χ0) is 18.0. The third-order valence-electron chi connectivity index (χ3n) is 3.78. The number of hydrogen-bond acceptors (Lipinski definition) is 3. The predicted octanol–water partition coefficient (Wildman–Crippen LogP) is 4.64. The Kier molecular flexibility index (Phi) is 5.25. The van der Waals surface area contributed by atoms with Crippen molar-refractivity contribution in [1.82, 2.24) is 4.57 Å². The summed E-state index contributed by atoms with van der Waals surface area (Å²) in [7, 11) is 0. The van der Waals surface area contributed by atoms with Gasteiger partial charge in [0.1, 0.15) is 5.56 Å². The van der Waals surface area contributed by atoms with Crippen LogP contribution in [0.3, 0.4) is 0 Å². The van der Waals surface area contributed by atoms with Crippen LogP contribution >= 0.6 is 27.5 Å². The average Bonchev–Trinajstić information content (AvgIpc) is 2.57. The summed E-state index contributed by atoms with van der Waals surface area (Å²) >= 11 is 9.44. The molecule has 0 amide bonds. The van der Waals surface area contributed by atoms with E-state index >= 15 is 0 Å². The molecule has 1 aromatic heterocycles. The Morgan fingerprint density at radius 2 is 2.04 bits per heavy atom. The number of nitrogens with zero attached hydrogens (tertiary/aromatic N) is 1. The van der Waals surface area contributed by atoms with Crippen LogP contribution in [0.25, 0.3) is 10.9 Å². The molecule has 0 atom stereocenters. The number of benzene rings is 2. The molecule has 3 aromatic rings. The van der Waals surface area contributed by atoms with Crippen LogP contribution in [-0.4, -0.2) is 17.1 Å².